The van der Waals surface area contributed by atoms with E-state index >= 15 is 0 Å². The molecule has 2 heterocycles. The number of unbranched alkanes of at least 4 members (excludes halogenated alkanes) is 6. The fraction of sp³-hybridized carbons (Fsp3) is 0.381. The van der Waals surface area contributed by atoms with Gasteiger partial charge in [0.1, 0.15) is 35.9 Å². The van der Waals surface area contributed by atoms with Crippen LogP contribution in [0.1, 0.15) is 149 Å². The Morgan fingerprint density at radius 2 is 1.17 bits per heavy atom. The van der Waals surface area contributed by atoms with E-state index in [-0.39, 0.29) is 80.5 Å². The number of esters is 2. The third-order valence-electron chi connectivity index (χ3n) is 13.5. The molecule has 0 amide bonds. The molecule has 0 fully saturated rings. The number of hydrogen-bond donors (Lipinski definition) is 0. The second kappa shape index (κ2) is 35.0. The molecular weight excluding hydrogens is 1040 g/mol. The van der Waals surface area contributed by atoms with Crippen LogP contribution in [0.4, 0.5) is 5.69 Å². The molecule has 77 heavy (non-hydrogen) atoms. The van der Waals surface area contributed by atoms with Crippen LogP contribution in [0.15, 0.2) is 126 Å². The SMILES string of the molecule is CCCCCCOC(=O)c1ccccc1-c1c2ccc(=[N+](CC)CC)cc-2oc2cc(C)ccc12.CCCCCCOC(=O)c1ccccc1C1c2ccc(C)cc2Oc2cc(N(CC)CC)ccc21.ClCCl.O.[B].[Cl-].[H-].[Na+]. The van der Waals surface area contributed by atoms with Crippen LogP contribution in [0.3, 0.4) is 0 Å². The molecule has 9 nitrogen and oxygen atoms in total. The summed E-state index contributed by atoms with van der Waals surface area (Å²) in [6.45, 7) is 21.8. The van der Waals surface area contributed by atoms with Crippen LogP contribution in [-0.4, -0.2) is 70.6 Å². The zero-order valence-corrected chi connectivity index (χ0v) is 51.1. The molecule has 5 aromatic carbocycles. The summed E-state index contributed by atoms with van der Waals surface area (Å²) < 4.78 is 26.6. The van der Waals surface area contributed by atoms with Gasteiger partial charge < -0.3 is 42.8 Å². The molecule has 1 unspecified atom stereocenters. The Balaban J connectivity index is 0.000000700. The molecule has 3 radical (unpaired) electrons. The Kier molecular flexibility index (Phi) is 31.0. The second-order valence-electron chi connectivity index (χ2n) is 18.4. The number of anilines is 1. The van der Waals surface area contributed by atoms with Crippen LogP contribution < -0.4 is 61.5 Å². The number of carbonyl (C=O) groups is 2. The summed E-state index contributed by atoms with van der Waals surface area (Å²) in [6.07, 6.45) is 8.60. The van der Waals surface area contributed by atoms with Gasteiger partial charge in [-0.2, -0.15) is 0 Å². The van der Waals surface area contributed by atoms with Crippen LogP contribution in [-0.2, 0) is 9.47 Å². The van der Waals surface area contributed by atoms with Gasteiger partial charge in [-0.25, -0.2) is 14.2 Å². The van der Waals surface area contributed by atoms with Gasteiger partial charge in [0.2, 0.25) is 5.36 Å². The van der Waals surface area contributed by atoms with Crippen molar-refractivity contribution in [3.05, 3.63) is 166 Å². The first-order valence-corrected chi connectivity index (χ1v) is 27.5. The van der Waals surface area contributed by atoms with E-state index in [1.165, 1.54) is 6.42 Å². The Bertz CT molecular complexity index is 2980. The average Bonchev–Trinajstić information content (AvgIpc) is 3.40. The van der Waals surface area contributed by atoms with Gasteiger partial charge >= 0.3 is 41.5 Å². The number of fused-ring (bicyclic) bond motifs is 4. The van der Waals surface area contributed by atoms with Gasteiger partial charge in [-0.15, -0.1) is 23.2 Å². The number of carbonyl (C=O) groups excluding carboxylic acids is 2. The van der Waals surface area contributed by atoms with E-state index in [0.29, 0.717) is 24.3 Å². The van der Waals surface area contributed by atoms with Crippen molar-refractivity contribution >= 4 is 60.2 Å². The summed E-state index contributed by atoms with van der Waals surface area (Å²) in [4.78, 5) is 28.7. The molecule has 0 saturated heterocycles. The summed E-state index contributed by atoms with van der Waals surface area (Å²) in [6, 6.07) is 41.0. The molecule has 407 valence electrons. The fourth-order valence-electron chi connectivity index (χ4n) is 9.64. The molecule has 1 atom stereocenters. The minimum absolute atomic E-state index is 0. The Morgan fingerprint density at radius 1 is 0.623 bits per heavy atom. The normalized spacial score (nSPS) is 11.7. The van der Waals surface area contributed by atoms with Crippen molar-refractivity contribution in [2.24, 2.45) is 0 Å². The van der Waals surface area contributed by atoms with Gasteiger partial charge in [-0.3, -0.25) is 0 Å². The molecule has 1 aliphatic carbocycles. The van der Waals surface area contributed by atoms with Crippen molar-refractivity contribution < 1.29 is 77.1 Å². The standard InChI is InChI=1S/C31H37NO3.C31H36NO3.CH2Cl2.B.ClH.Na.H2O.H/c2*1-5-8-9-12-19-34-31(33)25-14-11-10-13-24(25)30-26-17-15-22(4)20-28(26)35-29-21-23(16-18-27(29)30)32(6-2)7-3;2-1-3;;;;;/h10-11,13-18,20-21,30H,5-9,12,19H2,1-4H3;10-11,13-18,20-21H,5-9,12,19H2,1-4H3;1H2;;1H;;1H2;/q;+1;;;;+1;;-1/p-1. The van der Waals surface area contributed by atoms with E-state index in [4.69, 9.17) is 41.8 Å². The third-order valence-corrected chi connectivity index (χ3v) is 13.5. The molecule has 14 heteroatoms. The second-order valence-corrected chi connectivity index (χ2v) is 19.2. The predicted octanol–water partition coefficient (Wildman–Crippen LogP) is 9.26. The molecule has 2 N–H and O–H groups in total. The zero-order chi connectivity index (χ0) is 52.3. The van der Waals surface area contributed by atoms with Gasteiger partial charge in [-0.05, 0) is 113 Å². The number of halogens is 3. The van der Waals surface area contributed by atoms with Crippen LogP contribution in [0.2, 0.25) is 0 Å². The van der Waals surface area contributed by atoms with Gasteiger partial charge in [-0.1, -0.05) is 119 Å². The Morgan fingerprint density at radius 3 is 1.78 bits per heavy atom. The minimum atomic E-state index is -0.272. The Labute approximate surface area is 500 Å². The van der Waals surface area contributed by atoms with Crippen LogP contribution in [0, 0.1) is 13.8 Å². The number of nitrogens with zero attached hydrogens (tertiary/aromatic N) is 2. The van der Waals surface area contributed by atoms with Gasteiger partial charge in [0.15, 0.2) is 0 Å². The summed E-state index contributed by atoms with van der Waals surface area (Å²) >= 11 is 9.53. The molecule has 0 aromatic heterocycles. The van der Waals surface area contributed by atoms with Crippen molar-refractivity contribution in [3.8, 4) is 33.9 Å². The van der Waals surface area contributed by atoms with E-state index in [1.54, 1.807) is 0 Å². The molecule has 8 rings (SSSR count). The number of benzene rings is 6. The molecule has 3 aliphatic rings. The van der Waals surface area contributed by atoms with Crippen molar-refractivity contribution in [2.75, 3.05) is 49.6 Å². The first-order chi connectivity index (χ1) is 35.5. The maximum Gasteiger partial charge on any atom is 1.00 e. The van der Waals surface area contributed by atoms with E-state index in [2.05, 4.69) is 144 Å². The summed E-state index contributed by atoms with van der Waals surface area (Å²) in [5.41, 5.74) is 11.4. The van der Waals surface area contributed by atoms with Gasteiger partial charge in [0, 0.05) is 72.9 Å². The maximum absolute atomic E-state index is 13.2. The summed E-state index contributed by atoms with van der Waals surface area (Å²) in [5, 5.41) is 2.31. The van der Waals surface area contributed by atoms with Crippen molar-refractivity contribution in [3.63, 3.8) is 0 Å². The topological polar surface area (TPSA) is 113 Å². The third kappa shape index (κ3) is 17.6. The fourth-order valence-corrected chi connectivity index (χ4v) is 9.64. The number of hydrogen-bond acceptors (Lipinski definition) is 7. The number of aryl methyl sites for hydroxylation is 2. The maximum atomic E-state index is 13.2. The molecular formula is C63H78BCl3N2NaO7. The minimum Gasteiger partial charge on any atom is -1.00 e. The summed E-state index contributed by atoms with van der Waals surface area (Å²) in [5.74, 6) is 1.88. The number of ether oxygens (including phenoxy) is 3. The van der Waals surface area contributed by atoms with Crippen LogP contribution in [0.5, 0.6) is 11.5 Å². The Hall–Kier alpha value is -4.78. The van der Waals surface area contributed by atoms with Crippen molar-refractivity contribution in [1.29, 1.82) is 0 Å². The largest absolute Gasteiger partial charge is 1.00 e. The average molecular weight is 1120 g/mol. The number of rotatable bonds is 19. The van der Waals surface area contributed by atoms with Crippen molar-refractivity contribution in [1.82, 2.24) is 4.58 Å². The van der Waals surface area contributed by atoms with Crippen LogP contribution >= 0.6 is 23.2 Å². The molecule has 0 spiro atoms. The van der Waals surface area contributed by atoms with E-state index in [9.17, 15) is 9.59 Å². The molecule has 5 aromatic rings. The summed E-state index contributed by atoms with van der Waals surface area (Å²) in [7, 11) is 0. The smallest absolute Gasteiger partial charge is 1.00 e. The number of alkyl halides is 2. The van der Waals surface area contributed by atoms with Crippen molar-refractivity contribution in [2.45, 2.75) is 113 Å². The first kappa shape index (κ1) is 68.3. The van der Waals surface area contributed by atoms with Crippen LogP contribution in [0.25, 0.3) is 33.4 Å². The molecule has 0 saturated carbocycles. The zero-order valence-electron chi connectivity index (χ0n) is 47.8. The quantitative estimate of drug-likeness (QED) is 0.0198. The predicted molar refractivity (Wildman–Crippen MR) is 314 cm³/mol. The molecule has 0 bridgehead atoms. The first-order valence-electron chi connectivity index (χ1n) is 26.4. The molecule has 2 aliphatic heterocycles. The van der Waals surface area contributed by atoms with Gasteiger partial charge in [0.05, 0.1) is 35.7 Å². The monoisotopic (exact) mass is 1110 g/mol. The van der Waals surface area contributed by atoms with E-state index in [1.807, 2.05) is 42.5 Å². The van der Waals surface area contributed by atoms with Gasteiger partial charge in [0.25, 0.3) is 0 Å². The van der Waals surface area contributed by atoms with E-state index in [0.717, 1.165) is 155 Å². The van der Waals surface area contributed by atoms with E-state index < -0.39 is 0 Å².